The van der Waals surface area contributed by atoms with Crippen molar-refractivity contribution < 1.29 is 13.9 Å². The predicted molar refractivity (Wildman–Crippen MR) is 153 cm³/mol. The van der Waals surface area contributed by atoms with Gasteiger partial charge in [-0.2, -0.15) is 9.78 Å². The molecule has 0 amide bonds. The smallest absolute Gasteiger partial charge is 0.282 e. The molecular weight excluding hydrogens is 602 g/mol. The van der Waals surface area contributed by atoms with Gasteiger partial charge in [0, 0.05) is 19.9 Å². The summed E-state index contributed by atoms with van der Waals surface area (Å²) in [4.78, 5) is 18.4. The van der Waals surface area contributed by atoms with Crippen molar-refractivity contribution in [3.05, 3.63) is 85.5 Å². The maximum Gasteiger partial charge on any atom is 0.282 e. The predicted octanol–water partition coefficient (Wildman–Crippen LogP) is 7.40. The van der Waals surface area contributed by atoms with Crippen LogP contribution >= 0.6 is 31.9 Å². The Morgan fingerprint density at radius 1 is 1.11 bits per heavy atom. The molecule has 0 unspecified atom stereocenters. The summed E-state index contributed by atoms with van der Waals surface area (Å²) in [7, 11) is 1.59. The second kappa shape index (κ2) is 10.5. The molecule has 0 aliphatic carbocycles. The fraction of sp³-hybridized carbons (Fsp3) is 0.179. The van der Waals surface area contributed by atoms with Gasteiger partial charge in [-0.25, -0.2) is 4.98 Å². The molecule has 0 N–H and O–H groups in total. The van der Waals surface area contributed by atoms with Crippen LogP contribution in [0.4, 0.5) is 0 Å². The lowest BCUT2D eigenvalue weighted by Crippen LogP contribution is -2.20. The number of para-hydroxylation sites is 1. The van der Waals surface area contributed by atoms with E-state index in [9.17, 15) is 4.79 Å². The third-order valence-corrected chi connectivity index (χ3v) is 6.88. The quantitative estimate of drug-likeness (QED) is 0.176. The maximum absolute atomic E-state index is 13.6. The van der Waals surface area contributed by atoms with Crippen LogP contribution in [-0.2, 0) is 0 Å². The molecule has 2 heterocycles. The molecule has 0 aliphatic heterocycles. The fourth-order valence-electron chi connectivity index (χ4n) is 3.88. The lowest BCUT2D eigenvalue weighted by atomic mass is 10.2. The van der Waals surface area contributed by atoms with E-state index >= 15 is 0 Å². The monoisotopic (exact) mass is 623 g/mol. The minimum atomic E-state index is -0.315. The van der Waals surface area contributed by atoms with E-state index < -0.39 is 0 Å². The minimum Gasteiger partial charge on any atom is -0.493 e. The van der Waals surface area contributed by atoms with Gasteiger partial charge < -0.3 is 13.9 Å². The molecule has 1 atom stereocenters. The summed E-state index contributed by atoms with van der Waals surface area (Å²) in [6, 6.07) is 18.4. The number of fused-ring (bicyclic) bond motifs is 2. The number of halogens is 2. The molecule has 0 spiro atoms. The number of furan rings is 1. The Morgan fingerprint density at radius 2 is 1.92 bits per heavy atom. The molecule has 2 aromatic heterocycles. The van der Waals surface area contributed by atoms with E-state index in [1.165, 1.54) is 4.68 Å². The summed E-state index contributed by atoms with van der Waals surface area (Å²) < 4.78 is 20.8. The van der Waals surface area contributed by atoms with E-state index in [-0.39, 0.29) is 11.7 Å². The summed E-state index contributed by atoms with van der Waals surface area (Å²) in [6.45, 7) is 4.03. The highest BCUT2D eigenvalue weighted by atomic mass is 79.9. The standard InChI is InChI=1S/C28H23Br2N3O4/c1-4-16(2)36-26-18(12-20(30)14-24(26)35-3)15-31-33-27(32-22-8-6-5-7-21(22)28(33)34)25-13-17-11-19(29)9-10-23(17)37-25/h5-16H,4H2,1-3H3/t16-/m0/s1. The average molecular weight is 625 g/mol. The van der Waals surface area contributed by atoms with Crippen LogP contribution < -0.4 is 15.0 Å². The van der Waals surface area contributed by atoms with Crippen molar-refractivity contribution >= 4 is 59.9 Å². The van der Waals surface area contributed by atoms with Gasteiger partial charge in [0.2, 0.25) is 5.82 Å². The van der Waals surface area contributed by atoms with Gasteiger partial charge in [0.25, 0.3) is 5.56 Å². The fourth-order valence-corrected chi connectivity index (χ4v) is 4.71. The number of nitrogens with zero attached hydrogens (tertiary/aromatic N) is 3. The van der Waals surface area contributed by atoms with Gasteiger partial charge in [-0.05, 0) is 61.9 Å². The number of hydrogen-bond acceptors (Lipinski definition) is 6. The Balaban J connectivity index is 1.71. The molecule has 7 nitrogen and oxygen atoms in total. The molecule has 0 radical (unpaired) electrons. The van der Waals surface area contributed by atoms with E-state index in [1.807, 2.05) is 56.3 Å². The van der Waals surface area contributed by atoms with Crippen molar-refractivity contribution in [1.29, 1.82) is 0 Å². The first-order valence-corrected chi connectivity index (χ1v) is 13.3. The maximum atomic E-state index is 13.6. The van der Waals surface area contributed by atoms with Crippen molar-refractivity contribution in [3.8, 4) is 23.1 Å². The topological polar surface area (TPSA) is 78.9 Å². The van der Waals surface area contributed by atoms with Crippen LogP contribution in [0.3, 0.4) is 0 Å². The summed E-state index contributed by atoms with van der Waals surface area (Å²) >= 11 is 7.02. The van der Waals surface area contributed by atoms with Gasteiger partial charge in [-0.1, -0.05) is 50.9 Å². The highest BCUT2D eigenvalue weighted by Crippen LogP contribution is 2.35. The first kappa shape index (κ1) is 25.2. The van der Waals surface area contributed by atoms with Crippen LogP contribution in [0.5, 0.6) is 11.5 Å². The first-order chi connectivity index (χ1) is 17.9. The van der Waals surface area contributed by atoms with Crippen molar-refractivity contribution in [2.45, 2.75) is 26.4 Å². The number of benzene rings is 3. The molecule has 0 saturated carbocycles. The second-order valence-electron chi connectivity index (χ2n) is 8.47. The molecular formula is C28H23Br2N3O4. The first-order valence-electron chi connectivity index (χ1n) is 11.7. The van der Waals surface area contributed by atoms with Crippen molar-refractivity contribution in [2.75, 3.05) is 7.11 Å². The normalized spacial score (nSPS) is 12.5. The summed E-state index contributed by atoms with van der Waals surface area (Å²) in [6.07, 6.45) is 2.35. The lowest BCUT2D eigenvalue weighted by Gasteiger charge is -2.18. The van der Waals surface area contributed by atoms with E-state index in [2.05, 4.69) is 37.0 Å². The molecule has 0 saturated heterocycles. The molecule has 0 aliphatic rings. The highest BCUT2D eigenvalue weighted by molar-refractivity contribution is 9.10. The molecule has 0 fully saturated rings. The number of ether oxygens (including phenoxy) is 2. The van der Waals surface area contributed by atoms with Gasteiger partial charge in [0.1, 0.15) is 5.58 Å². The van der Waals surface area contributed by atoms with Gasteiger partial charge >= 0.3 is 0 Å². The van der Waals surface area contributed by atoms with Crippen LogP contribution in [0.15, 0.2) is 83.9 Å². The minimum absolute atomic E-state index is 0.0438. The van der Waals surface area contributed by atoms with Gasteiger partial charge in [-0.3, -0.25) is 4.79 Å². The largest absolute Gasteiger partial charge is 0.493 e. The van der Waals surface area contributed by atoms with Crippen LogP contribution in [0.2, 0.25) is 0 Å². The summed E-state index contributed by atoms with van der Waals surface area (Å²) in [5, 5.41) is 5.92. The van der Waals surface area contributed by atoms with Gasteiger partial charge in [-0.15, -0.1) is 0 Å². The van der Waals surface area contributed by atoms with Crippen LogP contribution in [0.25, 0.3) is 33.5 Å². The van der Waals surface area contributed by atoms with Crippen LogP contribution in [-0.4, -0.2) is 29.1 Å². The van der Waals surface area contributed by atoms with E-state index in [4.69, 9.17) is 18.9 Å². The number of hydrogen-bond donors (Lipinski definition) is 0. The second-order valence-corrected chi connectivity index (χ2v) is 10.3. The average Bonchev–Trinajstić information content (AvgIpc) is 3.32. The number of methoxy groups -OCH3 is 1. The molecule has 9 heteroatoms. The third kappa shape index (κ3) is 5.06. The molecule has 0 bridgehead atoms. The number of aromatic nitrogens is 2. The van der Waals surface area contributed by atoms with E-state index in [0.717, 1.165) is 20.8 Å². The van der Waals surface area contributed by atoms with Crippen LogP contribution in [0.1, 0.15) is 25.8 Å². The Bertz CT molecular complexity index is 1710. The molecule has 37 heavy (non-hydrogen) atoms. The van der Waals surface area contributed by atoms with Crippen molar-refractivity contribution in [3.63, 3.8) is 0 Å². The van der Waals surface area contributed by atoms with Crippen molar-refractivity contribution in [2.24, 2.45) is 5.10 Å². The SMILES string of the molecule is CC[C@H](C)Oc1c(C=Nn2c(-c3cc4cc(Br)ccc4o3)nc3ccccc3c2=O)cc(Br)cc1OC. The Labute approximate surface area is 230 Å². The van der Waals surface area contributed by atoms with Crippen LogP contribution in [0, 0.1) is 0 Å². The molecule has 5 rings (SSSR count). The summed E-state index contributed by atoms with van der Waals surface area (Å²) in [5.41, 5.74) is 1.56. The Kier molecular flexibility index (Phi) is 7.17. The zero-order chi connectivity index (χ0) is 26.1. The Morgan fingerprint density at radius 3 is 2.70 bits per heavy atom. The van der Waals surface area contributed by atoms with Gasteiger partial charge in [0.15, 0.2) is 17.3 Å². The van der Waals surface area contributed by atoms with Crippen molar-refractivity contribution in [1.82, 2.24) is 9.66 Å². The molecule has 5 aromatic rings. The Hall–Kier alpha value is -3.43. The van der Waals surface area contributed by atoms with E-state index in [1.54, 1.807) is 31.5 Å². The number of rotatable bonds is 7. The summed E-state index contributed by atoms with van der Waals surface area (Å²) in [5.74, 6) is 1.82. The third-order valence-electron chi connectivity index (χ3n) is 5.93. The van der Waals surface area contributed by atoms with Gasteiger partial charge in [0.05, 0.1) is 30.3 Å². The highest BCUT2D eigenvalue weighted by Gasteiger charge is 2.18. The zero-order valence-electron chi connectivity index (χ0n) is 20.4. The molecule has 188 valence electrons. The van der Waals surface area contributed by atoms with E-state index in [0.29, 0.717) is 45.1 Å². The molecule has 3 aromatic carbocycles. The lowest BCUT2D eigenvalue weighted by molar-refractivity contribution is 0.207. The zero-order valence-corrected chi connectivity index (χ0v) is 23.5.